The van der Waals surface area contributed by atoms with E-state index in [0.29, 0.717) is 4.88 Å². The lowest BCUT2D eigenvalue weighted by atomic mass is 9.96. The number of ketones is 1. The molecule has 1 aromatic heterocycles. The number of carbonyl (C=O) groups excluding carboxylic acids is 4. The average Bonchev–Trinajstić information content (AvgIpc) is 3.05. The smallest absolute Gasteiger partial charge is 0.321 e. The van der Waals surface area contributed by atoms with Gasteiger partial charge in [0.15, 0.2) is 12.4 Å². The molecule has 0 radical (unpaired) electrons. The van der Waals surface area contributed by atoms with Gasteiger partial charge in [-0.15, -0.1) is 11.3 Å². The number of nitrogens with one attached hydrogen (secondary N) is 2. The lowest BCUT2D eigenvalue weighted by Crippen LogP contribution is -2.46. The zero-order valence-corrected chi connectivity index (χ0v) is 15.7. The topological polar surface area (TPSA) is 102 Å². The van der Waals surface area contributed by atoms with Crippen LogP contribution in [-0.4, -0.2) is 36.3 Å². The largest absolute Gasteiger partial charge is 0.456 e. The van der Waals surface area contributed by atoms with Crippen molar-refractivity contribution in [2.75, 3.05) is 6.61 Å². The fourth-order valence-electron chi connectivity index (χ4n) is 2.77. The SMILES string of the molecule is Cc1ccc(C(=O)CCC(=O)OCC(=O)NC(=O)NC2CCCCC2)s1. The Hall–Kier alpha value is -2.22. The summed E-state index contributed by atoms with van der Waals surface area (Å²) >= 11 is 1.38. The average molecular weight is 380 g/mol. The molecule has 7 nitrogen and oxygen atoms in total. The van der Waals surface area contributed by atoms with Gasteiger partial charge in [-0.25, -0.2) is 4.79 Å². The molecule has 0 spiro atoms. The monoisotopic (exact) mass is 380 g/mol. The predicted octanol–water partition coefficient (Wildman–Crippen LogP) is 2.72. The maximum absolute atomic E-state index is 11.9. The first-order chi connectivity index (χ1) is 12.4. The van der Waals surface area contributed by atoms with Gasteiger partial charge in [0.25, 0.3) is 5.91 Å². The van der Waals surface area contributed by atoms with Crippen LogP contribution in [0.15, 0.2) is 12.1 Å². The van der Waals surface area contributed by atoms with Gasteiger partial charge in [-0.3, -0.25) is 19.7 Å². The van der Waals surface area contributed by atoms with Crippen LogP contribution in [0.2, 0.25) is 0 Å². The Morgan fingerprint density at radius 1 is 1.12 bits per heavy atom. The van der Waals surface area contributed by atoms with E-state index in [9.17, 15) is 19.2 Å². The van der Waals surface area contributed by atoms with Gasteiger partial charge in [0.05, 0.1) is 11.3 Å². The summed E-state index contributed by atoms with van der Waals surface area (Å²) < 4.78 is 4.81. The summed E-state index contributed by atoms with van der Waals surface area (Å²) in [4.78, 5) is 48.5. The molecule has 0 bridgehead atoms. The third-order valence-electron chi connectivity index (χ3n) is 4.13. The van der Waals surface area contributed by atoms with Crippen LogP contribution in [-0.2, 0) is 14.3 Å². The number of imide groups is 1. The van der Waals surface area contributed by atoms with E-state index < -0.39 is 24.5 Å². The van der Waals surface area contributed by atoms with Gasteiger partial charge in [0.2, 0.25) is 0 Å². The zero-order valence-electron chi connectivity index (χ0n) is 14.8. The van der Waals surface area contributed by atoms with E-state index in [2.05, 4.69) is 10.6 Å². The first-order valence-electron chi connectivity index (χ1n) is 8.79. The molecular formula is C18H24N2O5S. The first kappa shape index (κ1) is 20.1. The fourth-order valence-corrected chi connectivity index (χ4v) is 3.61. The number of ether oxygens (including phenoxy) is 1. The molecule has 0 unspecified atom stereocenters. The minimum atomic E-state index is -0.688. The molecule has 1 aliphatic carbocycles. The Morgan fingerprint density at radius 3 is 2.50 bits per heavy atom. The van der Waals surface area contributed by atoms with E-state index in [0.717, 1.165) is 30.6 Å². The van der Waals surface area contributed by atoms with Crippen molar-refractivity contribution in [3.05, 3.63) is 21.9 Å². The molecule has 0 atom stereocenters. The lowest BCUT2D eigenvalue weighted by Gasteiger charge is -2.22. The summed E-state index contributed by atoms with van der Waals surface area (Å²) in [5.41, 5.74) is 0. The van der Waals surface area contributed by atoms with E-state index in [1.807, 2.05) is 13.0 Å². The van der Waals surface area contributed by atoms with E-state index in [1.54, 1.807) is 6.07 Å². The molecule has 26 heavy (non-hydrogen) atoms. The van der Waals surface area contributed by atoms with Crippen LogP contribution in [0.3, 0.4) is 0 Å². The Kier molecular flexibility index (Phi) is 7.77. The van der Waals surface area contributed by atoms with Crippen LogP contribution >= 0.6 is 11.3 Å². The van der Waals surface area contributed by atoms with Crippen molar-refractivity contribution in [2.45, 2.75) is 57.9 Å². The highest BCUT2D eigenvalue weighted by molar-refractivity contribution is 7.14. The Balaban J connectivity index is 1.61. The molecule has 1 saturated carbocycles. The maximum Gasteiger partial charge on any atom is 0.321 e. The highest BCUT2D eigenvalue weighted by Crippen LogP contribution is 2.18. The molecule has 1 aliphatic rings. The molecule has 8 heteroatoms. The molecular weight excluding hydrogens is 356 g/mol. The van der Waals surface area contributed by atoms with E-state index in [4.69, 9.17) is 4.74 Å². The highest BCUT2D eigenvalue weighted by atomic mass is 32.1. The Bertz CT molecular complexity index is 664. The van der Waals surface area contributed by atoms with Gasteiger partial charge < -0.3 is 10.1 Å². The summed E-state index contributed by atoms with van der Waals surface area (Å²) in [6.07, 6.45) is 5.06. The Labute approximate surface area is 156 Å². The zero-order chi connectivity index (χ0) is 18.9. The third kappa shape index (κ3) is 6.95. The number of aryl methyl sites for hydroxylation is 1. The summed E-state index contributed by atoms with van der Waals surface area (Å²) in [5.74, 6) is -1.46. The molecule has 1 heterocycles. The Morgan fingerprint density at radius 2 is 1.85 bits per heavy atom. The number of Topliss-reactive ketones (excluding diaryl/α,β-unsaturated/α-hetero) is 1. The van der Waals surface area contributed by atoms with E-state index in [1.165, 1.54) is 17.8 Å². The van der Waals surface area contributed by atoms with Crippen molar-refractivity contribution in [1.29, 1.82) is 0 Å². The molecule has 1 aromatic rings. The normalized spacial score (nSPS) is 14.5. The van der Waals surface area contributed by atoms with Crippen molar-refractivity contribution in [1.82, 2.24) is 10.6 Å². The van der Waals surface area contributed by atoms with Crippen molar-refractivity contribution in [3.63, 3.8) is 0 Å². The second-order valence-electron chi connectivity index (χ2n) is 6.35. The van der Waals surface area contributed by atoms with Crippen LogP contribution in [0, 0.1) is 6.92 Å². The number of hydrogen-bond donors (Lipinski definition) is 2. The molecule has 142 valence electrons. The number of thiophene rings is 1. The molecule has 3 amide bonds. The summed E-state index contributed by atoms with van der Waals surface area (Å²) in [7, 11) is 0. The summed E-state index contributed by atoms with van der Waals surface area (Å²) in [6.45, 7) is 1.36. The summed E-state index contributed by atoms with van der Waals surface area (Å²) in [5, 5.41) is 4.89. The van der Waals surface area contributed by atoms with Gasteiger partial charge in [-0.2, -0.15) is 0 Å². The van der Waals surface area contributed by atoms with Gasteiger partial charge in [0.1, 0.15) is 0 Å². The second-order valence-corrected chi connectivity index (χ2v) is 7.64. The van der Waals surface area contributed by atoms with Crippen LogP contribution < -0.4 is 10.6 Å². The first-order valence-corrected chi connectivity index (χ1v) is 9.61. The van der Waals surface area contributed by atoms with Gasteiger partial charge in [0, 0.05) is 17.3 Å². The molecule has 0 aliphatic heterocycles. The number of urea groups is 1. The van der Waals surface area contributed by atoms with Gasteiger partial charge in [-0.05, 0) is 31.9 Å². The van der Waals surface area contributed by atoms with Crippen LogP contribution in [0.1, 0.15) is 59.5 Å². The molecule has 1 fully saturated rings. The number of esters is 1. The van der Waals surface area contributed by atoms with Crippen molar-refractivity contribution in [2.24, 2.45) is 0 Å². The highest BCUT2D eigenvalue weighted by Gasteiger charge is 2.18. The number of rotatable bonds is 7. The lowest BCUT2D eigenvalue weighted by molar-refractivity contribution is -0.148. The predicted molar refractivity (Wildman–Crippen MR) is 97.1 cm³/mol. The number of carbonyl (C=O) groups is 4. The molecule has 0 saturated heterocycles. The minimum Gasteiger partial charge on any atom is -0.456 e. The minimum absolute atomic E-state index is 0.0303. The molecule has 2 N–H and O–H groups in total. The second kappa shape index (κ2) is 10.1. The van der Waals surface area contributed by atoms with Crippen LogP contribution in [0.25, 0.3) is 0 Å². The molecule has 2 rings (SSSR count). The third-order valence-corrected chi connectivity index (χ3v) is 5.17. The van der Waals surface area contributed by atoms with Gasteiger partial charge >= 0.3 is 12.0 Å². The number of amides is 3. The van der Waals surface area contributed by atoms with Crippen molar-refractivity contribution in [3.8, 4) is 0 Å². The maximum atomic E-state index is 11.9. The number of hydrogen-bond acceptors (Lipinski definition) is 6. The summed E-state index contributed by atoms with van der Waals surface area (Å²) in [6, 6.07) is 3.09. The van der Waals surface area contributed by atoms with Crippen molar-refractivity contribution >= 4 is 35.0 Å². The molecule has 0 aromatic carbocycles. The standard InChI is InChI=1S/C18H24N2O5S/c1-12-7-9-15(26-12)14(21)8-10-17(23)25-11-16(22)20-18(24)19-13-5-3-2-4-6-13/h7,9,13H,2-6,8,10-11H2,1H3,(H2,19,20,22,24). The fraction of sp³-hybridized carbons (Fsp3) is 0.556. The van der Waals surface area contributed by atoms with Gasteiger partial charge in [-0.1, -0.05) is 19.3 Å². The quantitative estimate of drug-likeness (QED) is 0.559. The van der Waals surface area contributed by atoms with E-state index in [-0.39, 0.29) is 24.7 Å². The van der Waals surface area contributed by atoms with Crippen molar-refractivity contribution < 1.29 is 23.9 Å². The van der Waals surface area contributed by atoms with Crippen LogP contribution in [0.4, 0.5) is 4.79 Å². The van der Waals surface area contributed by atoms with Crippen LogP contribution in [0.5, 0.6) is 0 Å². The van der Waals surface area contributed by atoms with E-state index >= 15 is 0 Å².